The molecule has 1 unspecified atom stereocenters. The summed E-state index contributed by atoms with van der Waals surface area (Å²) in [5.41, 5.74) is 0.612. The summed E-state index contributed by atoms with van der Waals surface area (Å²) in [6.07, 6.45) is 0. The van der Waals surface area contributed by atoms with E-state index in [0.717, 1.165) is 19.6 Å². The molecule has 1 fully saturated rings. The number of likely N-dealkylation sites (N-methyl/N-ethyl adjacent to an activating group) is 2. The van der Waals surface area contributed by atoms with Gasteiger partial charge in [0.05, 0.1) is 25.8 Å². The predicted molar refractivity (Wildman–Crippen MR) is 77.8 cm³/mol. The van der Waals surface area contributed by atoms with E-state index in [9.17, 15) is 4.79 Å². The Morgan fingerprint density at radius 2 is 1.95 bits per heavy atom. The van der Waals surface area contributed by atoms with Crippen molar-refractivity contribution in [2.75, 3.05) is 47.9 Å². The van der Waals surface area contributed by atoms with Crippen LogP contribution in [0.4, 0.5) is 0 Å². The molecule has 0 spiro atoms. The van der Waals surface area contributed by atoms with Crippen molar-refractivity contribution in [3.8, 4) is 11.5 Å². The highest BCUT2D eigenvalue weighted by atomic mass is 16.5. The minimum Gasteiger partial charge on any atom is -0.497 e. The number of ether oxygens (including phenoxy) is 2. The summed E-state index contributed by atoms with van der Waals surface area (Å²) >= 11 is 0. The second-order valence-corrected chi connectivity index (χ2v) is 5.19. The fraction of sp³-hybridized carbons (Fsp3) is 0.533. The summed E-state index contributed by atoms with van der Waals surface area (Å²) in [6.45, 7) is 2.62. The van der Waals surface area contributed by atoms with E-state index < -0.39 is 0 Å². The highest BCUT2D eigenvalue weighted by Crippen LogP contribution is 2.27. The highest BCUT2D eigenvalue weighted by Gasteiger charge is 2.30. The van der Waals surface area contributed by atoms with Gasteiger partial charge in [-0.05, 0) is 26.2 Å². The largest absolute Gasteiger partial charge is 0.497 e. The number of hydrogen-bond donors (Lipinski definition) is 0. The number of carbonyl (C=O) groups excluding carboxylic acids is 1. The van der Waals surface area contributed by atoms with E-state index in [1.165, 1.54) is 0 Å². The molecule has 1 aromatic rings. The van der Waals surface area contributed by atoms with Crippen molar-refractivity contribution in [1.29, 1.82) is 0 Å². The van der Waals surface area contributed by atoms with E-state index in [1.54, 1.807) is 32.4 Å². The van der Waals surface area contributed by atoms with Crippen LogP contribution < -0.4 is 9.47 Å². The molecule has 5 nitrogen and oxygen atoms in total. The van der Waals surface area contributed by atoms with Crippen molar-refractivity contribution < 1.29 is 14.3 Å². The number of Topliss-reactive ketones (excluding diaryl/α,β-unsaturated/α-hetero) is 1. The van der Waals surface area contributed by atoms with E-state index >= 15 is 0 Å². The molecule has 110 valence electrons. The van der Waals surface area contributed by atoms with Gasteiger partial charge in [0.1, 0.15) is 11.5 Å². The maximum atomic E-state index is 12.7. The van der Waals surface area contributed by atoms with Crippen molar-refractivity contribution in [1.82, 2.24) is 9.80 Å². The lowest BCUT2D eigenvalue weighted by Crippen LogP contribution is -2.53. The van der Waals surface area contributed by atoms with Gasteiger partial charge in [0.15, 0.2) is 5.78 Å². The third kappa shape index (κ3) is 2.94. The Balaban J connectivity index is 2.28. The fourth-order valence-corrected chi connectivity index (χ4v) is 2.47. The monoisotopic (exact) mass is 278 g/mol. The number of rotatable bonds is 4. The second-order valence-electron chi connectivity index (χ2n) is 5.19. The zero-order chi connectivity index (χ0) is 14.7. The molecule has 0 saturated carbocycles. The van der Waals surface area contributed by atoms with Crippen molar-refractivity contribution in [2.45, 2.75) is 6.04 Å². The minimum atomic E-state index is -0.129. The summed E-state index contributed by atoms with van der Waals surface area (Å²) in [5.74, 6) is 1.35. The lowest BCUT2D eigenvalue weighted by atomic mass is 10.00. The number of hydrogen-bond acceptors (Lipinski definition) is 5. The Morgan fingerprint density at radius 3 is 2.60 bits per heavy atom. The summed E-state index contributed by atoms with van der Waals surface area (Å²) in [7, 11) is 7.20. The topological polar surface area (TPSA) is 42.0 Å². The lowest BCUT2D eigenvalue weighted by Gasteiger charge is -2.36. The number of methoxy groups -OCH3 is 2. The van der Waals surface area contributed by atoms with Crippen LogP contribution in [0, 0.1) is 0 Å². The number of nitrogens with zero attached hydrogens (tertiary/aromatic N) is 2. The third-order valence-corrected chi connectivity index (χ3v) is 3.83. The Morgan fingerprint density at radius 1 is 1.20 bits per heavy atom. The Kier molecular flexibility index (Phi) is 4.62. The van der Waals surface area contributed by atoms with Gasteiger partial charge in [-0.2, -0.15) is 0 Å². The van der Waals surface area contributed by atoms with Crippen LogP contribution in [0.1, 0.15) is 10.4 Å². The smallest absolute Gasteiger partial charge is 0.184 e. The normalized spacial score (nSPS) is 20.7. The number of ketones is 1. The van der Waals surface area contributed by atoms with Crippen LogP contribution in [0.2, 0.25) is 0 Å². The number of benzene rings is 1. The molecule has 20 heavy (non-hydrogen) atoms. The maximum Gasteiger partial charge on any atom is 0.184 e. The van der Waals surface area contributed by atoms with Crippen LogP contribution in [0.5, 0.6) is 11.5 Å². The predicted octanol–water partition coefficient (Wildman–Crippen LogP) is 1.13. The first kappa shape index (κ1) is 14.8. The van der Waals surface area contributed by atoms with Gasteiger partial charge in [0, 0.05) is 25.7 Å². The van der Waals surface area contributed by atoms with Crippen LogP contribution in [0.25, 0.3) is 0 Å². The van der Waals surface area contributed by atoms with Gasteiger partial charge in [-0.1, -0.05) is 0 Å². The zero-order valence-electron chi connectivity index (χ0n) is 12.5. The summed E-state index contributed by atoms with van der Waals surface area (Å²) in [4.78, 5) is 17.0. The molecule has 0 bridgehead atoms. The summed E-state index contributed by atoms with van der Waals surface area (Å²) in [6, 6.07) is 5.20. The van der Waals surface area contributed by atoms with Gasteiger partial charge < -0.3 is 14.4 Å². The summed E-state index contributed by atoms with van der Waals surface area (Å²) < 4.78 is 10.5. The van der Waals surface area contributed by atoms with E-state index in [4.69, 9.17) is 9.47 Å². The molecule has 1 saturated heterocycles. The molecule has 1 atom stereocenters. The minimum absolute atomic E-state index is 0.0959. The molecule has 1 aliphatic heterocycles. The van der Waals surface area contributed by atoms with Crippen molar-refractivity contribution in [3.05, 3.63) is 23.8 Å². The molecule has 0 aromatic heterocycles. The molecular formula is C15H22N2O3. The molecule has 5 heteroatoms. The molecule has 2 rings (SSSR count). The van der Waals surface area contributed by atoms with E-state index in [0.29, 0.717) is 17.1 Å². The standard InChI is InChI=1S/C15H22N2O3/c1-16-7-8-17(2)13(10-16)15(18)12-6-5-11(19-3)9-14(12)20-4/h5-6,9,13H,7-8,10H2,1-4H3. The second kappa shape index (κ2) is 6.24. The van der Waals surface area contributed by atoms with E-state index in [1.807, 2.05) is 14.1 Å². The number of carbonyl (C=O) groups is 1. The Labute approximate surface area is 120 Å². The Hall–Kier alpha value is -1.59. The van der Waals surface area contributed by atoms with Gasteiger partial charge in [0.25, 0.3) is 0 Å². The van der Waals surface area contributed by atoms with Gasteiger partial charge in [-0.25, -0.2) is 0 Å². The maximum absolute atomic E-state index is 12.7. The Bertz CT molecular complexity index is 490. The first-order chi connectivity index (χ1) is 9.56. The van der Waals surface area contributed by atoms with Crippen molar-refractivity contribution >= 4 is 5.78 Å². The molecule has 0 N–H and O–H groups in total. The first-order valence-electron chi connectivity index (χ1n) is 6.72. The molecule has 1 heterocycles. The van der Waals surface area contributed by atoms with Gasteiger partial charge in [-0.3, -0.25) is 9.69 Å². The van der Waals surface area contributed by atoms with Gasteiger partial charge in [0.2, 0.25) is 0 Å². The highest BCUT2D eigenvalue weighted by molar-refractivity contribution is 6.02. The molecule has 1 aromatic carbocycles. The molecule has 1 aliphatic rings. The van der Waals surface area contributed by atoms with Gasteiger partial charge in [-0.15, -0.1) is 0 Å². The van der Waals surface area contributed by atoms with Crippen LogP contribution in [-0.4, -0.2) is 69.6 Å². The van der Waals surface area contributed by atoms with Crippen LogP contribution in [0.15, 0.2) is 18.2 Å². The summed E-state index contributed by atoms with van der Waals surface area (Å²) in [5, 5.41) is 0. The molecule has 0 amide bonds. The average Bonchev–Trinajstić information content (AvgIpc) is 2.48. The number of piperazine rings is 1. The van der Waals surface area contributed by atoms with Gasteiger partial charge >= 0.3 is 0 Å². The van der Waals surface area contributed by atoms with Crippen LogP contribution in [-0.2, 0) is 0 Å². The quantitative estimate of drug-likeness (QED) is 0.772. The lowest BCUT2D eigenvalue weighted by molar-refractivity contribution is 0.0683. The van der Waals surface area contributed by atoms with E-state index in [2.05, 4.69) is 9.80 Å². The molecular weight excluding hydrogens is 256 g/mol. The average molecular weight is 278 g/mol. The molecule has 0 aliphatic carbocycles. The van der Waals surface area contributed by atoms with Crippen LogP contribution in [0.3, 0.4) is 0 Å². The van der Waals surface area contributed by atoms with Crippen molar-refractivity contribution in [3.63, 3.8) is 0 Å². The fourth-order valence-electron chi connectivity index (χ4n) is 2.47. The van der Waals surface area contributed by atoms with E-state index in [-0.39, 0.29) is 11.8 Å². The SMILES string of the molecule is COc1ccc(C(=O)C2CN(C)CCN2C)c(OC)c1. The third-order valence-electron chi connectivity index (χ3n) is 3.83. The first-order valence-corrected chi connectivity index (χ1v) is 6.72. The zero-order valence-corrected chi connectivity index (χ0v) is 12.5. The van der Waals surface area contributed by atoms with Crippen LogP contribution >= 0.6 is 0 Å². The molecule has 0 radical (unpaired) electrons. The van der Waals surface area contributed by atoms with Crippen molar-refractivity contribution in [2.24, 2.45) is 0 Å².